The highest BCUT2D eigenvalue weighted by Crippen LogP contribution is 2.38. The van der Waals surface area contributed by atoms with Crippen molar-refractivity contribution in [1.82, 2.24) is 20.7 Å². The molecule has 3 N–H and O–H groups in total. The smallest absolute Gasteiger partial charge is 0.340 e. The number of hydrogen-bond acceptors (Lipinski definition) is 18. The second-order valence-electron chi connectivity index (χ2n) is 7.84. The molecule has 18 nitrogen and oxygen atoms in total. The van der Waals surface area contributed by atoms with Gasteiger partial charge in [0, 0.05) is 49.7 Å². The molecule has 1 heterocycles. The van der Waals surface area contributed by atoms with Crippen molar-refractivity contribution in [2.45, 2.75) is 11.9 Å². The summed E-state index contributed by atoms with van der Waals surface area (Å²) in [5, 5.41) is 3.72. The lowest BCUT2D eigenvalue weighted by Crippen LogP contribution is -2.82. The SMILES string of the molecule is COCCONC1(OCCOC)N=C(N)N(OCCOC)C(OCCOC)(N(C)OCCOC)N1OCCOC. The molecule has 0 saturated heterocycles. The van der Waals surface area contributed by atoms with E-state index in [9.17, 15) is 0 Å². The maximum Gasteiger partial charge on any atom is 0.340 e. The van der Waals surface area contributed by atoms with Gasteiger partial charge in [0.2, 0.25) is 5.96 Å². The van der Waals surface area contributed by atoms with E-state index in [0.717, 1.165) is 0 Å². The van der Waals surface area contributed by atoms with Crippen molar-refractivity contribution in [3.8, 4) is 0 Å². The quantitative estimate of drug-likeness (QED) is 0.0665. The molecule has 0 fully saturated rings. The largest absolute Gasteiger partial charge is 0.382 e. The van der Waals surface area contributed by atoms with Gasteiger partial charge >= 0.3 is 11.9 Å². The zero-order chi connectivity index (χ0) is 29.7. The van der Waals surface area contributed by atoms with Crippen molar-refractivity contribution in [3.05, 3.63) is 0 Å². The van der Waals surface area contributed by atoms with Crippen LogP contribution in [0, 0.1) is 0 Å². The van der Waals surface area contributed by atoms with Crippen molar-refractivity contribution in [1.29, 1.82) is 0 Å². The monoisotopic (exact) mass is 588 g/mol. The summed E-state index contributed by atoms with van der Waals surface area (Å²) in [4.78, 5) is 28.5. The zero-order valence-electron chi connectivity index (χ0n) is 24.8. The van der Waals surface area contributed by atoms with Crippen LogP contribution in [0.15, 0.2) is 4.99 Å². The predicted molar refractivity (Wildman–Crippen MR) is 139 cm³/mol. The predicted octanol–water partition coefficient (Wildman–Crippen LogP) is -1.70. The zero-order valence-corrected chi connectivity index (χ0v) is 24.8. The minimum absolute atomic E-state index is 0.0221. The third-order valence-corrected chi connectivity index (χ3v) is 5.05. The summed E-state index contributed by atoms with van der Waals surface area (Å²) >= 11 is 0. The first-order valence-electron chi connectivity index (χ1n) is 12.6. The lowest BCUT2D eigenvalue weighted by Gasteiger charge is -2.56. The Morgan fingerprint density at radius 1 is 0.675 bits per heavy atom. The Labute approximate surface area is 236 Å². The summed E-state index contributed by atoms with van der Waals surface area (Å²) in [7, 11) is 10.8. The van der Waals surface area contributed by atoms with Crippen LogP contribution in [0.4, 0.5) is 0 Å². The van der Waals surface area contributed by atoms with E-state index in [1.165, 1.54) is 43.6 Å². The van der Waals surface area contributed by atoms with Gasteiger partial charge in [0.05, 0.1) is 79.3 Å². The molecule has 0 aromatic carbocycles. The first-order valence-corrected chi connectivity index (χ1v) is 12.6. The molecule has 2 atom stereocenters. The molecule has 0 saturated carbocycles. The van der Waals surface area contributed by atoms with Crippen molar-refractivity contribution in [2.75, 3.05) is 129 Å². The number of nitrogens with one attached hydrogen (secondary N) is 1. The molecule has 0 aliphatic carbocycles. The molecule has 40 heavy (non-hydrogen) atoms. The highest BCUT2D eigenvalue weighted by atomic mass is 16.9. The van der Waals surface area contributed by atoms with Crippen LogP contribution in [0.3, 0.4) is 0 Å². The first-order chi connectivity index (χ1) is 19.4. The molecule has 0 bridgehead atoms. The van der Waals surface area contributed by atoms with Gasteiger partial charge in [-0.2, -0.15) is 10.1 Å². The molecule has 1 aliphatic heterocycles. The molecular weight excluding hydrogens is 540 g/mol. The summed E-state index contributed by atoms with van der Waals surface area (Å²) in [6.45, 7) is 1.75. The van der Waals surface area contributed by atoms with E-state index < -0.39 is 11.9 Å². The summed E-state index contributed by atoms with van der Waals surface area (Å²) in [6.07, 6.45) is 0. The van der Waals surface area contributed by atoms with Gasteiger partial charge in [0.25, 0.3) is 0 Å². The molecule has 0 amide bonds. The third kappa shape index (κ3) is 10.8. The molecule has 2 unspecified atom stereocenters. The van der Waals surface area contributed by atoms with E-state index in [1.54, 1.807) is 21.3 Å². The number of nitrogens with zero attached hydrogens (tertiary/aromatic N) is 4. The first kappa shape index (κ1) is 36.7. The van der Waals surface area contributed by atoms with Crippen molar-refractivity contribution >= 4 is 5.96 Å². The summed E-state index contributed by atoms with van der Waals surface area (Å²) in [6, 6.07) is 0. The number of methoxy groups -OCH3 is 6. The Kier molecular flexibility index (Phi) is 19.6. The summed E-state index contributed by atoms with van der Waals surface area (Å²) < 4.78 is 43.7. The molecule has 0 spiro atoms. The van der Waals surface area contributed by atoms with Gasteiger partial charge < -0.3 is 43.6 Å². The number of nitrogens with two attached hydrogens (primary N) is 1. The van der Waals surface area contributed by atoms with Crippen LogP contribution >= 0.6 is 0 Å². The third-order valence-electron chi connectivity index (χ3n) is 5.05. The standard InChI is InChI=1S/C22H48N6O12/c1-26(38-17-11-32-5)22(36-15-9-30-3)27(39-18-12-33-6)20(23)24-21(35-14-8-29-2,25-37-16-10-31-4)28(22)40-19-13-34-7/h25H,8-19H2,1-7H3,(H2,23,24). The maximum absolute atomic E-state index is 6.51. The highest BCUT2D eigenvalue weighted by molar-refractivity contribution is 5.78. The number of rotatable bonds is 26. The van der Waals surface area contributed by atoms with E-state index in [0.29, 0.717) is 0 Å². The lowest BCUT2D eigenvalue weighted by molar-refractivity contribution is -0.548. The summed E-state index contributed by atoms with van der Waals surface area (Å²) in [5.41, 5.74) is 9.32. The van der Waals surface area contributed by atoms with Crippen molar-refractivity contribution in [2.24, 2.45) is 10.7 Å². The fourth-order valence-electron chi connectivity index (χ4n) is 3.21. The number of hydrogen-bond donors (Lipinski definition) is 2. The van der Waals surface area contributed by atoms with Crippen molar-refractivity contribution in [3.63, 3.8) is 0 Å². The Balaban J connectivity index is 3.79. The Hall–Kier alpha value is -1.33. The van der Waals surface area contributed by atoms with Crippen LogP contribution < -0.4 is 11.2 Å². The topological polar surface area (TPSA) is 171 Å². The second-order valence-corrected chi connectivity index (χ2v) is 7.84. The van der Waals surface area contributed by atoms with Gasteiger partial charge in [-0.05, 0) is 0 Å². The van der Waals surface area contributed by atoms with E-state index in [4.69, 9.17) is 63.0 Å². The highest BCUT2D eigenvalue weighted by Gasteiger charge is 2.65. The molecule has 0 radical (unpaired) electrons. The van der Waals surface area contributed by atoms with Gasteiger partial charge in [-0.15, -0.1) is 10.5 Å². The average Bonchev–Trinajstić information content (AvgIpc) is 2.94. The van der Waals surface area contributed by atoms with Crippen LogP contribution in [-0.2, 0) is 57.2 Å². The Morgan fingerprint density at radius 3 is 1.77 bits per heavy atom. The number of ether oxygens (including phenoxy) is 8. The molecular formula is C22H48N6O12. The van der Waals surface area contributed by atoms with Crippen molar-refractivity contribution < 1.29 is 57.2 Å². The molecule has 1 rings (SSSR count). The van der Waals surface area contributed by atoms with Gasteiger partial charge in [-0.1, -0.05) is 5.06 Å². The minimum atomic E-state index is -1.96. The van der Waals surface area contributed by atoms with Gasteiger partial charge in [0.1, 0.15) is 0 Å². The van der Waals surface area contributed by atoms with E-state index in [-0.39, 0.29) is 85.2 Å². The van der Waals surface area contributed by atoms with Gasteiger partial charge in [-0.25, -0.2) is 0 Å². The van der Waals surface area contributed by atoms with Gasteiger partial charge in [-0.3, -0.25) is 19.4 Å². The van der Waals surface area contributed by atoms with Crippen LogP contribution in [-0.4, -0.2) is 162 Å². The molecule has 238 valence electrons. The van der Waals surface area contributed by atoms with E-state index in [1.807, 2.05) is 0 Å². The minimum Gasteiger partial charge on any atom is -0.382 e. The van der Waals surface area contributed by atoms with Crippen LogP contribution in [0.25, 0.3) is 0 Å². The fourth-order valence-corrected chi connectivity index (χ4v) is 3.21. The Morgan fingerprint density at radius 2 is 1.18 bits per heavy atom. The van der Waals surface area contributed by atoms with Crippen LogP contribution in [0.1, 0.15) is 0 Å². The van der Waals surface area contributed by atoms with Crippen LogP contribution in [0.5, 0.6) is 0 Å². The number of hydroxylamine groups is 7. The van der Waals surface area contributed by atoms with E-state index >= 15 is 0 Å². The second kappa shape index (κ2) is 21.4. The fraction of sp³-hybridized carbons (Fsp3) is 0.955. The lowest BCUT2D eigenvalue weighted by atomic mass is 10.4. The summed E-state index contributed by atoms with van der Waals surface area (Å²) in [5.74, 6) is -4.08. The molecule has 0 aromatic heterocycles. The maximum atomic E-state index is 6.51. The normalized spacial score (nSPS) is 21.9. The van der Waals surface area contributed by atoms with Gasteiger partial charge in [0.15, 0.2) is 0 Å². The average molecular weight is 589 g/mol. The molecule has 0 aromatic rings. The molecule has 18 heteroatoms. The number of guanidine groups is 1. The Bertz CT molecular complexity index is 672. The molecule has 1 aliphatic rings. The van der Waals surface area contributed by atoms with E-state index in [2.05, 4.69) is 10.5 Å². The number of aliphatic imine (C=N–C) groups is 1. The van der Waals surface area contributed by atoms with Crippen LogP contribution in [0.2, 0.25) is 0 Å².